The SMILES string of the molecule is [2H]C([2H])([2H])N(CCC(c1ccccc1)c1ccccc1)CC(C)(C)OC(=O)C1=C(C)NC(C)=C(C(=O)OC)C1c1cccc([N+](=O)[O-])c1. The van der Waals surface area contributed by atoms with Crippen molar-refractivity contribution in [3.05, 3.63) is 134 Å². The molecule has 9 heteroatoms. The summed E-state index contributed by atoms with van der Waals surface area (Å²) in [5.41, 5.74) is 1.90. The van der Waals surface area contributed by atoms with Crippen LogP contribution in [0, 0.1) is 10.1 Å². The molecule has 1 atom stereocenters. The second-order valence-corrected chi connectivity index (χ2v) is 11.7. The molecule has 0 saturated heterocycles. The molecular weight excluding hydrogens is 570 g/mol. The fourth-order valence-corrected chi connectivity index (χ4v) is 5.85. The predicted molar refractivity (Wildman–Crippen MR) is 173 cm³/mol. The Balaban J connectivity index is 1.62. The normalized spacial score (nSPS) is 16.5. The third-order valence-electron chi connectivity index (χ3n) is 7.83. The molecule has 0 bridgehead atoms. The van der Waals surface area contributed by atoms with Crippen molar-refractivity contribution in [2.75, 3.05) is 27.2 Å². The number of dihydropyridines is 1. The number of nitro groups is 1. The summed E-state index contributed by atoms with van der Waals surface area (Å²) in [5.74, 6) is -2.62. The van der Waals surface area contributed by atoms with Crippen LogP contribution in [-0.2, 0) is 19.1 Å². The highest BCUT2D eigenvalue weighted by atomic mass is 16.6. The van der Waals surface area contributed by atoms with Crippen molar-refractivity contribution in [1.29, 1.82) is 0 Å². The van der Waals surface area contributed by atoms with Crippen LogP contribution in [0.25, 0.3) is 0 Å². The monoisotopic (exact) mass is 614 g/mol. The van der Waals surface area contributed by atoms with Crippen LogP contribution >= 0.6 is 0 Å². The van der Waals surface area contributed by atoms with Gasteiger partial charge in [0.15, 0.2) is 0 Å². The Morgan fingerprint density at radius 1 is 0.956 bits per heavy atom. The summed E-state index contributed by atoms with van der Waals surface area (Å²) in [5, 5.41) is 14.7. The number of ether oxygens (including phenoxy) is 2. The number of nitrogens with one attached hydrogen (secondary N) is 1. The molecule has 0 fully saturated rings. The summed E-state index contributed by atoms with van der Waals surface area (Å²) in [4.78, 5) is 39.5. The molecule has 236 valence electrons. The summed E-state index contributed by atoms with van der Waals surface area (Å²) < 4.78 is 36.1. The highest BCUT2D eigenvalue weighted by Gasteiger charge is 2.40. The molecule has 1 unspecified atom stereocenters. The van der Waals surface area contributed by atoms with Gasteiger partial charge in [0.05, 0.1) is 29.1 Å². The fourth-order valence-electron chi connectivity index (χ4n) is 5.85. The van der Waals surface area contributed by atoms with E-state index in [-0.39, 0.29) is 35.8 Å². The third kappa shape index (κ3) is 8.05. The van der Waals surface area contributed by atoms with E-state index < -0.39 is 35.4 Å². The second-order valence-electron chi connectivity index (χ2n) is 11.7. The maximum absolute atomic E-state index is 14.1. The Hall–Kier alpha value is -4.76. The molecule has 1 aliphatic rings. The minimum atomic E-state index is -2.49. The van der Waals surface area contributed by atoms with Gasteiger partial charge in [0.2, 0.25) is 0 Å². The lowest BCUT2D eigenvalue weighted by Crippen LogP contribution is -2.42. The number of likely N-dealkylation sites (N-methyl/N-ethyl adjacent to an activating group) is 1. The van der Waals surface area contributed by atoms with Crippen molar-refractivity contribution in [2.24, 2.45) is 0 Å². The third-order valence-corrected chi connectivity index (χ3v) is 7.83. The molecule has 3 aromatic carbocycles. The smallest absolute Gasteiger partial charge is 0.337 e. The zero-order valence-electron chi connectivity index (χ0n) is 29.2. The van der Waals surface area contributed by atoms with Crippen LogP contribution in [-0.4, -0.2) is 54.5 Å². The Kier molecular flexibility index (Phi) is 9.24. The largest absolute Gasteiger partial charge is 0.466 e. The van der Waals surface area contributed by atoms with Crippen molar-refractivity contribution >= 4 is 17.6 Å². The lowest BCUT2D eigenvalue weighted by molar-refractivity contribution is -0.384. The van der Waals surface area contributed by atoms with Gasteiger partial charge in [0.25, 0.3) is 5.69 Å². The van der Waals surface area contributed by atoms with Gasteiger partial charge in [-0.25, -0.2) is 9.59 Å². The summed E-state index contributed by atoms with van der Waals surface area (Å²) >= 11 is 0. The first-order valence-electron chi connectivity index (χ1n) is 16.2. The topological polar surface area (TPSA) is 111 Å². The molecule has 0 aliphatic carbocycles. The van der Waals surface area contributed by atoms with Crippen LogP contribution in [0.1, 0.15) is 66.8 Å². The molecular formula is C36H41N3O6. The van der Waals surface area contributed by atoms with Crippen LogP contribution in [0.2, 0.25) is 0 Å². The van der Waals surface area contributed by atoms with Gasteiger partial charge in [-0.2, -0.15) is 0 Å². The lowest BCUT2D eigenvalue weighted by Gasteiger charge is -2.34. The van der Waals surface area contributed by atoms with Gasteiger partial charge in [-0.05, 0) is 64.3 Å². The highest BCUT2D eigenvalue weighted by Crippen LogP contribution is 2.40. The van der Waals surface area contributed by atoms with E-state index in [0.29, 0.717) is 23.4 Å². The van der Waals surface area contributed by atoms with Gasteiger partial charge in [-0.15, -0.1) is 0 Å². The maximum atomic E-state index is 14.1. The van der Waals surface area contributed by atoms with E-state index in [0.717, 1.165) is 11.1 Å². The van der Waals surface area contributed by atoms with E-state index >= 15 is 0 Å². The van der Waals surface area contributed by atoms with Crippen LogP contribution in [0.3, 0.4) is 0 Å². The number of hydrogen-bond donors (Lipinski definition) is 1. The van der Waals surface area contributed by atoms with E-state index in [1.165, 1.54) is 30.2 Å². The number of rotatable bonds is 12. The molecule has 0 amide bonds. The predicted octanol–water partition coefficient (Wildman–Crippen LogP) is 6.48. The summed E-state index contributed by atoms with van der Waals surface area (Å²) in [7, 11) is 1.21. The number of carbonyl (C=O) groups excluding carboxylic acids is 2. The van der Waals surface area contributed by atoms with Crippen LogP contribution < -0.4 is 5.32 Å². The molecule has 4 rings (SSSR count). The van der Waals surface area contributed by atoms with E-state index in [9.17, 15) is 19.7 Å². The Morgan fingerprint density at radius 2 is 1.53 bits per heavy atom. The molecule has 1 N–H and O–H groups in total. The first-order valence-corrected chi connectivity index (χ1v) is 14.7. The highest BCUT2D eigenvalue weighted by molar-refractivity contribution is 6.00. The molecule has 0 spiro atoms. The quantitative estimate of drug-likeness (QED) is 0.140. The van der Waals surface area contributed by atoms with E-state index in [1.807, 2.05) is 60.7 Å². The number of esters is 2. The Morgan fingerprint density at radius 3 is 2.07 bits per heavy atom. The fraction of sp³-hybridized carbons (Fsp3) is 0.333. The van der Waals surface area contributed by atoms with Crippen molar-refractivity contribution < 1.29 is 28.1 Å². The van der Waals surface area contributed by atoms with Gasteiger partial charge in [0, 0.05) is 40.1 Å². The Bertz CT molecular complexity index is 1670. The average Bonchev–Trinajstić information content (AvgIpc) is 3.03. The van der Waals surface area contributed by atoms with Gasteiger partial charge < -0.3 is 19.7 Å². The van der Waals surface area contributed by atoms with E-state index in [2.05, 4.69) is 5.32 Å². The zero-order valence-corrected chi connectivity index (χ0v) is 26.2. The van der Waals surface area contributed by atoms with Crippen molar-refractivity contribution in [1.82, 2.24) is 10.2 Å². The molecule has 45 heavy (non-hydrogen) atoms. The van der Waals surface area contributed by atoms with Crippen molar-refractivity contribution in [3.63, 3.8) is 0 Å². The van der Waals surface area contributed by atoms with Crippen LogP contribution in [0.4, 0.5) is 5.69 Å². The number of benzene rings is 3. The molecule has 0 saturated carbocycles. The number of carbonyl (C=O) groups is 2. The summed E-state index contributed by atoms with van der Waals surface area (Å²) in [6.45, 7) is 4.13. The van der Waals surface area contributed by atoms with Gasteiger partial charge in [0.1, 0.15) is 5.60 Å². The number of hydrogen-bond acceptors (Lipinski definition) is 8. The summed E-state index contributed by atoms with van der Waals surface area (Å²) in [6, 6.07) is 25.5. The first kappa shape index (κ1) is 29.0. The lowest BCUT2D eigenvalue weighted by atomic mass is 9.80. The molecule has 0 aromatic heterocycles. The number of methoxy groups -OCH3 is 1. The molecule has 9 nitrogen and oxygen atoms in total. The summed E-state index contributed by atoms with van der Waals surface area (Å²) in [6.07, 6.45) is 0.492. The van der Waals surface area contributed by atoms with E-state index in [1.54, 1.807) is 33.8 Å². The maximum Gasteiger partial charge on any atom is 0.337 e. The van der Waals surface area contributed by atoms with Crippen LogP contribution in [0.15, 0.2) is 107 Å². The first-order chi connectivity index (χ1) is 22.6. The average molecular weight is 615 g/mol. The standard InChI is InChI=1S/C36H41N3O6/c1-24-31(34(40)44-6)33(28-18-13-19-29(22-28)39(42)43)32(25(2)37-24)35(41)45-36(3,4)23-38(5)21-20-30(26-14-9-7-10-15-26)27-16-11-8-12-17-27/h7-19,22,30,33,37H,20-21,23H2,1-6H3/i5D3. The van der Waals surface area contributed by atoms with Crippen molar-refractivity contribution in [2.45, 2.75) is 51.6 Å². The molecule has 0 radical (unpaired) electrons. The second kappa shape index (κ2) is 14.3. The number of nitrogens with zero attached hydrogens (tertiary/aromatic N) is 2. The van der Waals surface area contributed by atoms with Crippen LogP contribution in [0.5, 0.6) is 0 Å². The minimum absolute atomic E-state index is 0.0585. The van der Waals surface area contributed by atoms with Gasteiger partial charge in [-0.1, -0.05) is 72.8 Å². The number of allylic oxidation sites excluding steroid dienone is 2. The molecule has 3 aromatic rings. The van der Waals surface area contributed by atoms with Crippen molar-refractivity contribution in [3.8, 4) is 0 Å². The molecule has 1 aliphatic heterocycles. The van der Waals surface area contributed by atoms with Gasteiger partial charge >= 0.3 is 11.9 Å². The molecule has 1 heterocycles. The number of nitro benzene ring substituents is 1. The van der Waals surface area contributed by atoms with Gasteiger partial charge in [-0.3, -0.25) is 10.1 Å². The van der Waals surface area contributed by atoms with E-state index in [4.69, 9.17) is 13.6 Å². The number of non-ortho nitro benzene ring substituents is 1. The Labute approximate surface area is 268 Å². The minimum Gasteiger partial charge on any atom is -0.466 e. The zero-order chi connectivity index (χ0) is 35.2.